The monoisotopic (exact) mass is 270 g/mol. The average molecular weight is 270 g/mol. The maximum Gasteiger partial charge on any atom is 0.410 e. The lowest BCUT2D eigenvalue weighted by molar-refractivity contribution is 0.0282. The Balaban J connectivity index is 2.67. The van der Waals surface area contributed by atoms with E-state index in [1.54, 1.807) is 7.05 Å². The lowest BCUT2D eigenvalue weighted by Crippen LogP contribution is -2.41. The SMILES string of the molecule is C=C1CN(C(=O)OC(C)(C)C)CC1N(C)C(=O)OC. The molecule has 108 valence electrons. The van der Waals surface area contributed by atoms with Crippen molar-refractivity contribution < 1.29 is 19.1 Å². The largest absolute Gasteiger partial charge is 0.453 e. The van der Waals surface area contributed by atoms with Crippen LogP contribution >= 0.6 is 0 Å². The van der Waals surface area contributed by atoms with Crippen LogP contribution in [0.5, 0.6) is 0 Å². The number of nitrogens with zero attached hydrogens (tertiary/aromatic N) is 2. The van der Waals surface area contributed by atoms with Crippen molar-refractivity contribution in [2.24, 2.45) is 0 Å². The van der Waals surface area contributed by atoms with E-state index in [0.717, 1.165) is 5.57 Å². The van der Waals surface area contributed by atoms with Gasteiger partial charge in [0.05, 0.1) is 13.2 Å². The van der Waals surface area contributed by atoms with Gasteiger partial charge >= 0.3 is 12.2 Å². The van der Waals surface area contributed by atoms with E-state index in [4.69, 9.17) is 4.74 Å². The zero-order valence-corrected chi connectivity index (χ0v) is 12.2. The van der Waals surface area contributed by atoms with E-state index >= 15 is 0 Å². The summed E-state index contributed by atoms with van der Waals surface area (Å²) >= 11 is 0. The first-order valence-electron chi connectivity index (χ1n) is 6.12. The van der Waals surface area contributed by atoms with Crippen molar-refractivity contribution in [1.29, 1.82) is 0 Å². The van der Waals surface area contributed by atoms with Crippen LogP contribution in [0.1, 0.15) is 20.8 Å². The average Bonchev–Trinajstić information content (AvgIpc) is 2.67. The third-order valence-electron chi connectivity index (χ3n) is 2.84. The number of likely N-dealkylation sites (N-methyl/N-ethyl adjacent to an activating group) is 1. The molecule has 0 aromatic heterocycles. The molecular formula is C13H22N2O4. The molecule has 6 heteroatoms. The molecule has 0 spiro atoms. The van der Waals surface area contributed by atoms with E-state index in [2.05, 4.69) is 11.3 Å². The molecule has 0 N–H and O–H groups in total. The Hall–Kier alpha value is -1.72. The van der Waals surface area contributed by atoms with Gasteiger partial charge in [0.25, 0.3) is 0 Å². The molecule has 1 aliphatic heterocycles. The van der Waals surface area contributed by atoms with Crippen molar-refractivity contribution in [1.82, 2.24) is 9.80 Å². The van der Waals surface area contributed by atoms with Crippen molar-refractivity contribution in [3.05, 3.63) is 12.2 Å². The predicted octanol–water partition coefficient (Wildman–Crippen LogP) is 1.86. The topological polar surface area (TPSA) is 59.1 Å². The molecule has 0 aromatic rings. The molecule has 0 radical (unpaired) electrons. The van der Waals surface area contributed by atoms with Gasteiger partial charge in [-0.3, -0.25) is 0 Å². The minimum atomic E-state index is -0.537. The van der Waals surface area contributed by atoms with Gasteiger partial charge in [0.1, 0.15) is 5.60 Å². The maximum atomic E-state index is 11.9. The van der Waals surface area contributed by atoms with E-state index in [1.807, 2.05) is 20.8 Å². The van der Waals surface area contributed by atoms with Gasteiger partial charge in [0.15, 0.2) is 0 Å². The fourth-order valence-electron chi connectivity index (χ4n) is 1.89. The molecule has 1 aliphatic rings. The number of methoxy groups -OCH3 is 1. The van der Waals surface area contributed by atoms with Crippen LogP contribution in [0.25, 0.3) is 0 Å². The molecule has 0 aromatic carbocycles. The Kier molecular flexibility index (Phi) is 4.44. The molecule has 0 saturated carbocycles. The Bertz CT molecular complexity index is 387. The predicted molar refractivity (Wildman–Crippen MR) is 70.9 cm³/mol. The van der Waals surface area contributed by atoms with Gasteiger partial charge < -0.3 is 19.3 Å². The third-order valence-corrected chi connectivity index (χ3v) is 2.84. The molecule has 1 saturated heterocycles. The van der Waals surface area contributed by atoms with Crippen LogP contribution in [0, 0.1) is 0 Å². The normalized spacial score (nSPS) is 19.3. The number of ether oxygens (including phenoxy) is 2. The number of amides is 2. The molecule has 0 bridgehead atoms. The number of carbonyl (C=O) groups is 2. The molecule has 1 rings (SSSR count). The first kappa shape index (κ1) is 15.3. The van der Waals surface area contributed by atoms with Gasteiger partial charge in [0.2, 0.25) is 0 Å². The van der Waals surface area contributed by atoms with Crippen molar-refractivity contribution in [3.63, 3.8) is 0 Å². The number of carbonyl (C=O) groups excluding carboxylic acids is 2. The molecule has 1 atom stereocenters. The van der Waals surface area contributed by atoms with Gasteiger partial charge in [-0.1, -0.05) is 6.58 Å². The van der Waals surface area contributed by atoms with Crippen LogP contribution in [0.3, 0.4) is 0 Å². The number of likely N-dealkylation sites (tertiary alicyclic amines) is 1. The molecule has 19 heavy (non-hydrogen) atoms. The van der Waals surface area contributed by atoms with E-state index < -0.39 is 17.8 Å². The standard InChI is InChI=1S/C13H22N2O4/c1-9-7-15(12(17)19-13(2,3)4)8-10(9)14(5)11(16)18-6/h10H,1,7-8H2,2-6H3. The number of rotatable bonds is 1. The van der Waals surface area contributed by atoms with Crippen LogP contribution in [0.2, 0.25) is 0 Å². The van der Waals surface area contributed by atoms with Crippen molar-refractivity contribution in [2.45, 2.75) is 32.4 Å². The molecule has 6 nitrogen and oxygen atoms in total. The highest BCUT2D eigenvalue weighted by Gasteiger charge is 2.36. The molecule has 1 unspecified atom stereocenters. The smallest absolute Gasteiger partial charge is 0.410 e. The summed E-state index contributed by atoms with van der Waals surface area (Å²) in [5, 5.41) is 0. The summed E-state index contributed by atoms with van der Waals surface area (Å²) in [5.74, 6) is 0. The molecular weight excluding hydrogens is 248 g/mol. The van der Waals surface area contributed by atoms with Crippen molar-refractivity contribution >= 4 is 12.2 Å². The first-order valence-corrected chi connectivity index (χ1v) is 6.12. The number of hydrogen-bond acceptors (Lipinski definition) is 4. The summed E-state index contributed by atoms with van der Waals surface area (Å²) in [4.78, 5) is 26.4. The summed E-state index contributed by atoms with van der Waals surface area (Å²) in [6.07, 6.45) is -0.841. The zero-order valence-electron chi connectivity index (χ0n) is 12.2. The summed E-state index contributed by atoms with van der Waals surface area (Å²) in [7, 11) is 2.95. The first-order chi connectivity index (χ1) is 8.65. The highest BCUT2D eigenvalue weighted by molar-refractivity contribution is 5.71. The minimum Gasteiger partial charge on any atom is -0.453 e. The highest BCUT2D eigenvalue weighted by Crippen LogP contribution is 2.21. The second-order valence-electron chi connectivity index (χ2n) is 5.62. The fraction of sp³-hybridized carbons (Fsp3) is 0.692. The Labute approximate surface area is 113 Å². The van der Waals surface area contributed by atoms with Gasteiger partial charge in [-0.2, -0.15) is 0 Å². The molecule has 1 fully saturated rings. The minimum absolute atomic E-state index is 0.236. The number of hydrogen-bond donors (Lipinski definition) is 0. The second-order valence-corrected chi connectivity index (χ2v) is 5.62. The maximum absolute atomic E-state index is 11.9. The van der Waals surface area contributed by atoms with Crippen LogP contribution in [0.4, 0.5) is 9.59 Å². The van der Waals surface area contributed by atoms with Gasteiger partial charge in [-0.15, -0.1) is 0 Å². The summed E-state index contributed by atoms with van der Waals surface area (Å²) < 4.78 is 9.96. The molecule has 0 aliphatic carbocycles. The molecule has 2 amide bonds. The second kappa shape index (κ2) is 5.50. The highest BCUT2D eigenvalue weighted by atomic mass is 16.6. The zero-order chi connectivity index (χ0) is 14.8. The van der Waals surface area contributed by atoms with Gasteiger partial charge in [0, 0.05) is 20.1 Å². The molecule has 1 heterocycles. The Morgan fingerprint density at radius 2 is 2.00 bits per heavy atom. The van der Waals surface area contributed by atoms with E-state index in [9.17, 15) is 9.59 Å². The van der Waals surface area contributed by atoms with Gasteiger partial charge in [-0.25, -0.2) is 9.59 Å². The van der Waals surface area contributed by atoms with Crippen molar-refractivity contribution in [3.8, 4) is 0 Å². The van der Waals surface area contributed by atoms with Crippen molar-refractivity contribution in [2.75, 3.05) is 27.2 Å². The van der Waals surface area contributed by atoms with Gasteiger partial charge in [-0.05, 0) is 26.3 Å². The fourth-order valence-corrected chi connectivity index (χ4v) is 1.89. The quantitative estimate of drug-likeness (QED) is 0.682. The van der Waals surface area contributed by atoms with E-state index in [1.165, 1.54) is 16.9 Å². The van der Waals surface area contributed by atoms with E-state index in [-0.39, 0.29) is 6.04 Å². The summed E-state index contributed by atoms with van der Waals surface area (Å²) in [6.45, 7) is 10.1. The summed E-state index contributed by atoms with van der Waals surface area (Å²) in [5.41, 5.74) is 0.254. The lowest BCUT2D eigenvalue weighted by atomic mass is 10.2. The van der Waals surface area contributed by atoms with Crippen LogP contribution in [-0.4, -0.2) is 60.9 Å². The van der Waals surface area contributed by atoms with E-state index in [0.29, 0.717) is 13.1 Å². The Morgan fingerprint density at radius 3 is 2.47 bits per heavy atom. The van der Waals surface area contributed by atoms with Crippen LogP contribution in [-0.2, 0) is 9.47 Å². The van der Waals surface area contributed by atoms with Crippen LogP contribution in [0.15, 0.2) is 12.2 Å². The lowest BCUT2D eigenvalue weighted by Gasteiger charge is -2.25. The van der Waals surface area contributed by atoms with Crippen LogP contribution < -0.4 is 0 Å². The third kappa shape index (κ3) is 3.87. The summed E-state index contributed by atoms with van der Waals surface area (Å²) in [6, 6.07) is -0.236. The Morgan fingerprint density at radius 1 is 1.42 bits per heavy atom.